The molecular formula is C31H24BrN3O3S. The first-order valence-corrected chi connectivity index (χ1v) is 14.2. The summed E-state index contributed by atoms with van der Waals surface area (Å²) in [6.45, 7) is 3.99. The van der Waals surface area contributed by atoms with Gasteiger partial charge in [-0.3, -0.25) is 9.36 Å². The second-order valence-corrected chi connectivity index (χ2v) is 11.2. The van der Waals surface area contributed by atoms with Crippen LogP contribution in [-0.2, 0) is 9.53 Å². The van der Waals surface area contributed by atoms with Gasteiger partial charge in [-0.1, -0.05) is 87.4 Å². The number of halogens is 1. The summed E-state index contributed by atoms with van der Waals surface area (Å²) in [5.74, 6) is -0.485. The van der Waals surface area contributed by atoms with Crippen LogP contribution in [0.2, 0.25) is 0 Å². The molecule has 8 heteroatoms. The molecule has 3 heterocycles. The number of benzene rings is 3. The number of carbonyl (C=O) groups is 1. The molecule has 5 aromatic rings. The molecule has 6 nitrogen and oxygen atoms in total. The maximum absolute atomic E-state index is 14.1. The van der Waals surface area contributed by atoms with Crippen molar-refractivity contribution in [3.8, 4) is 0 Å². The number of nitrogens with zero attached hydrogens (tertiary/aromatic N) is 2. The molecule has 6 rings (SSSR count). The quantitative estimate of drug-likeness (QED) is 0.272. The third kappa shape index (κ3) is 4.60. The number of esters is 1. The van der Waals surface area contributed by atoms with Crippen LogP contribution in [0.5, 0.6) is 0 Å². The molecule has 0 saturated heterocycles. The number of rotatable bonds is 5. The standard InChI is InChI=1S/C31H24BrN3O3S/c1-3-38-30(37)26-27(19-7-5-4-6-8-19)34-31-35(28(26)20-11-9-18(2)10-12-20)29(36)25(39-31)15-21-17-33-24-14-13-22(32)16-23(21)24/h4-17,28,33H,3H2,1-2H3/b25-15-/t28-/m0/s1. The third-order valence-corrected chi connectivity index (χ3v) is 8.21. The maximum Gasteiger partial charge on any atom is 0.338 e. The minimum absolute atomic E-state index is 0.206. The van der Waals surface area contributed by atoms with E-state index in [4.69, 9.17) is 9.73 Å². The Morgan fingerprint density at radius 2 is 1.90 bits per heavy atom. The molecule has 1 atom stereocenters. The Labute approximate surface area is 236 Å². The lowest BCUT2D eigenvalue weighted by molar-refractivity contribution is -0.138. The number of ether oxygens (including phenoxy) is 1. The van der Waals surface area contributed by atoms with Crippen LogP contribution in [0, 0.1) is 6.92 Å². The summed E-state index contributed by atoms with van der Waals surface area (Å²) >= 11 is 4.86. The number of fused-ring (bicyclic) bond motifs is 2. The third-order valence-electron chi connectivity index (χ3n) is 6.73. The van der Waals surface area contributed by atoms with E-state index in [2.05, 4.69) is 20.9 Å². The number of hydrogen-bond acceptors (Lipinski definition) is 5. The van der Waals surface area contributed by atoms with Gasteiger partial charge in [-0.2, -0.15) is 0 Å². The predicted molar refractivity (Wildman–Crippen MR) is 158 cm³/mol. The summed E-state index contributed by atoms with van der Waals surface area (Å²) in [5, 5.41) is 1.00. The van der Waals surface area contributed by atoms with Crippen LogP contribution in [0.1, 0.15) is 35.2 Å². The molecule has 3 aromatic carbocycles. The minimum atomic E-state index is -0.685. The van der Waals surface area contributed by atoms with Crippen molar-refractivity contribution in [2.45, 2.75) is 19.9 Å². The highest BCUT2D eigenvalue weighted by Gasteiger charge is 2.35. The lowest BCUT2D eigenvalue weighted by Gasteiger charge is -2.26. The molecule has 1 N–H and O–H groups in total. The highest BCUT2D eigenvalue weighted by atomic mass is 79.9. The van der Waals surface area contributed by atoms with Gasteiger partial charge < -0.3 is 9.72 Å². The van der Waals surface area contributed by atoms with Gasteiger partial charge in [-0.05, 0) is 43.7 Å². The Hall–Kier alpha value is -4.01. The van der Waals surface area contributed by atoms with Gasteiger partial charge in [-0.25, -0.2) is 9.79 Å². The van der Waals surface area contributed by atoms with E-state index in [0.717, 1.165) is 37.6 Å². The lowest BCUT2D eigenvalue weighted by Crippen LogP contribution is -2.40. The molecule has 2 aromatic heterocycles. The fourth-order valence-corrected chi connectivity index (χ4v) is 6.23. The van der Waals surface area contributed by atoms with E-state index in [0.29, 0.717) is 20.6 Å². The molecule has 0 bridgehead atoms. The number of carbonyl (C=O) groups excluding carboxylic acids is 1. The first-order chi connectivity index (χ1) is 18.9. The zero-order chi connectivity index (χ0) is 27.1. The van der Waals surface area contributed by atoms with Gasteiger partial charge in [0.1, 0.15) is 0 Å². The van der Waals surface area contributed by atoms with Crippen LogP contribution in [0.15, 0.2) is 98.8 Å². The molecule has 0 fully saturated rings. The van der Waals surface area contributed by atoms with Crippen LogP contribution in [-0.4, -0.2) is 22.1 Å². The van der Waals surface area contributed by atoms with Crippen LogP contribution >= 0.6 is 27.3 Å². The highest BCUT2D eigenvalue weighted by Crippen LogP contribution is 2.35. The molecule has 0 amide bonds. The number of thiazole rings is 1. The van der Waals surface area contributed by atoms with Crippen LogP contribution in [0.25, 0.3) is 22.7 Å². The van der Waals surface area contributed by atoms with Gasteiger partial charge in [-0.15, -0.1) is 0 Å². The Morgan fingerprint density at radius 1 is 1.13 bits per heavy atom. The molecule has 0 unspecified atom stereocenters. The molecule has 0 radical (unpaired) electrons. The van der Waals surface area contributed by atoms with E-state index in [-0.39, 0.29) is 12.2 Å². The second kappa shape index (κ2) is 10.3. The molecule has 1 aliphatic heterocycles. The monoisotopic (exact) mass is 597 g/mol. The Kier molecular flexibility index (Phi) is 6.66. The van der Waals surface area contributed by atoms with Crippen molar-refractivity contribution in [2.24, 2.45) is 4.99 Å². The van der Waals surface area contributed by atoms with E-state index in [9.17, 15) is 9.59 Å². The average Bonchev–Trinajstić information content (AvgIpc) is 3.48. The molecule has 39 heavy (non-hydrogen) atoms. The SMILES string of the molecule is CCOC(=O)C1=C(c2ccccc2)N=c2s/c(=C\c3c[nH]c4ccc(Br)cc34)c(=O)n2[C@H]1c1ccc(C)cc1. The lowest BCUT2D eigenvalue weighted by atomic mass is 9.92. The summed E-state index contributed by atoms with van der Waals surface area (Å²) in [7, 11) is 0. The smallest absolute Gasteiger partial charge is 0.338 e. The largest absolute Gasteiger partial charge is 0.463 e. The zero-order valence-corrected chi connectivity index (χ0v) is 23.7. The summed E-state index contributed by atoms with van der Waals surface area (Å²) < 4.78 is 8.65. The van der Waals surface area contributed by atoms with Crippen LogP contribution < -0.4 is 14.9 Å². The minimum Gasteiger partial charge on any atom is -0.463 e. The van der Waals surface area contributed by atoms with Crippen molar-refractivity contribution in [2.75, 3.05) is 6.61 Å². The molecule has 194 valence electrons. The first-order valence-electron chi connectivity index (χ1n) is 12.6. The van der Waals surface area contributed by atoms with E-state index in [1.54, 1.807) is 11.5 Å². The molecular weight excluding hydrogens is 574 g/mol. The van der Waals surface area contributed by atoms with Gasteiger partial charge in [0.25, 0.3) is 5.56 Å². The zero-order valence-electron chi connectivity index (χ0n) is 21.3. The first kappa shape index (κ1) is 25.3. The Bertz CT molecular complexity index is 1930. The summed E-state index contributed by atoms with van der Waals surface area (Å²) in [6.07, 6.45) is 3.78. The van der Waals surface area contributed by atoms with Gasteiger partial charge in [0, 0.05) is 32.7 Å². The number of aromatic amines is 1. The fourth-order valence-electron chi connectivity index (χ4n) is 4.88. The molecule has 0 aliphatic carbocycles. The number of hydrogen-bond donors (Lipinski definition) is 1. The van der Waals surface area contributed by atoms with Crippen molar-refractivity contribution in [3.05, 3.63) is 131 Å². The molecule has 1 aliphatic rings. The van der Waals surface area contributed by atoms with Crippen molar-refractivity contribution >= 4 is 55.9 Å². The Morgan fingerprint density at radius 3 is 2.64 bits per heavy atom. The van der Waals surface area contributed by atoms with Crippen LogP contribution in [0.3, 0.4) is 0 Å². The fraction of sp³-hybridized carbons (Fsp3) is 0.129. The molecule has 0 saturated carbocycles. The van der Waals surface area contributed by atoms with Crippen molar-refractivity contribution in [3.63, 3.8) is 0 Å². The van der Waals surface area contributed by atoms with Crippen molar-refractivity contribution in [1.82, 2.24) is 9.55 Å². The van der Waals surface area contributed by atoms with E-state index >= 15 is 0 Å². The van der Waals surface area contributed by atoms with Gasteiger partial charge in [0.2, 0.25) is 0 Å². The maximum atomic E-state index is 14.1. The normalized spacial score (nSPS) is 15.4. The second-order valence-electron chi connectivity index (χ2n) is 9.28. The van der Waals surface area contributed by atoms with Gasteiger partial charge in [0.05, 0.1) is 28.5 Å². The summed E-state index contributed by atoms with van der Waals surface area (Å²) in [6, 6.07) is 22.8. The van der Waals surface area contributed by atoms with Crippen molar-refractivity contribution < 1.29 is 9.53 Å². The van der Waals surface area contributed by atoms with E-state index in [1.165, 1.54) is 11.3 Å². The number of nitrogens with one attached hydrogen (secondary N) is 1. The van der Waals surface area contributed by atoms with Gasteiger partial charge in [0.15, 0.2) is 4.80 Å². The van der Waals surface area contributed by atoms with Crippen molar-refractivity contribution in [1.29, 1.82) is 0 Å². The topological polar surface area (TPSA) is 76.4 Å². The molecule has 0 spiro atoms. The summed E-state index contributed by atoms with van der Waals surface area (Å²) in [4.78, 5) is 36.3. The van der Waals surface area contributed by atoms with Gasteiger partial charge >= 0.3 is 5.97 Å². The predicted octanol–water partition coefficient (Wildman–Crippen LogP) is 5.49. The highest BCUT2D eigenvalue weighted by molar-refractivity contribution is 9.10. The van der Waals surface area contributed by atoms with E-state index < -0.39 is 12.0 Å². The Balaban J connectivity index is 1.65. The van der Waals surface area contributed by atoms with E-state index in [1.807, 2.05) is 92.0 Å². The number of aryl methyl sites for hydroxylation is 1. The number of H-pyrrole nitrogens is 1. The summed E-state index contributed by atoms with van der Waals surface area (Å²) in [5.41, 5.74) is 5.23. The average molecular weight is 599 g/mol. The van der Waals surface area contributed by atoms with Crippen LogP contribution in [0.4, 0.5) is 0 Å². The number of aromatic nitrogens is 2.